The summed E-state index contributed by atoms with van der Waals surface area (Å²) >= 11 is 0. The maximum atomic E-state index is 13.1. The molecule has 2 aliphatic rings. The summed E-state index contributed by atoms with van der Waals surface area (Å²) in [5.74, 6) is -1.26. The highest BCUT2D eigenvalue weighted by atomic mass is 16.6. The van der Waals surface area contributed by atoms with Gasteiger partial charge in [-0.25, -0.2) is 4.79 Å². The first kappa shape index (κ1) is 34.9. The third kappa shape index (κ3) is 9.46. The summed E-state index contributed by atoms with van der Waals surface area (Å²) in [6, 6.07) is 1.33. The highest BCUT2D eigenvalue weighted by molar-refractivity contribution is 6.04. The number of amides is 2. The molecule has 2 aliphatic heterocycles. The molecule has 0 radical (unpaired) electrons. The SMILES string of the molecule is CO[C@H]1/C=C\C=C(/C)C(=O)Nc2cc(O)c(NCCN3CC3)c(c2O)C[C@@H](C)C[C@H](OC)[C@H](O)[C@@H](C)/C=C(\C)[C@H]1OC(N)=O. The number of nitrogens with one attached hydrogen (secondary N) is 2. The number of fused-ring (bicyclic) bond motifs is 2. The Morgan fingerprint density at radius 2 is 1.89 bits per heavy atom. The van der Waals surface area contributed by atoms with E-state index in [9.17, 15) is 24.9 Å². The zero-order chi connectivity index (χ0) is 32.6. The van der Waals surface area contributed by atoms with Gasteiger partial charge in [0, 0.05) is 63.5 Å². The molecule has 1 fully saturated rings. The van der Waals surface area contributed by atoms with Crippen LogP contribution in [0, 0.1) is 11.8 Å². The van der Waals surface area contributed by atoms with Crippen molar-refractivity contribution in [3.8, 4) is 11.5 Å². The molecule has 0 saturated carbocycles. The number of nitrogens with zero attached hydrogens (tertiary/aromatic N) is 1. The van der Waals surface area contributed by atoms with Gasteiger partial charge in [-0.1, -0.05) is 38.2 Å². The van der Waals surface area contributed by atoms with Gasteiger partial charge in [0.15, 0.2) is 6.10 Å². The topological polar surface area (TPSA) is 176 Å². The van der Waals surface area contributed by atoms with Crippen LogP contribution in [-0.2, 0) is 25.4 Å². The third-order valence-electron chi connectivity index (χ3n) is 8.10. The number of aliphatic hydroxyl groups excluding tert-OH is 1. The van der Waals surface area contributed by atoms with Gasteiger partial charge in [-0.3, -0.25) is 9.69 Å². The van der Waals surface area contributed by atoms with Gasteiger partial charge in [-0.05, 0) is 38.2 Å². The number of rotatable bonds is 7. The van der Waals surface area contributed by atoms with Crippen molar-refractivity contribution >= 4 is 23.4 Å². The fraction of sp³-hybridized carbons (Fsp3) is 0.562. The van der Waals surface area contributed by atoms with Crippen molar-refractivity contribution in [2.75, 3.05) is 51.0 Å². The van der Waals surface area contributed by atoms with E-state index in [1.54, 1.807) is 38.2 Å². The molecule has 0 spiro atoms. The quantitative estimate of drug-likeness (QED) is 0.115. The van der Waals surface area contributed by atoms with Gasteiger partial charge >= 0.3 is 6.09 Å². The number of hydrogen-bond donors (Lipinski definition) is 6. The van der Waals surface area contributed by atoms with E-state index >= 15 is 0 Å². The molecule has 2 bridgehead atoms. The van der Waals surface area contributed by atoms with Crippen molar-refractivity contribution < 1.29 is 39.1 Å². The molecule has 2 amide bonds. The molecular formula is C32H48N4O8. The second-order valence-electron chi connectivity index (χ2n) is 11.7. The molecule has 3 rings (SSSR count). The van der Waals surface area contributed by atoms with Crippen LogP contribution in [0.3, 0.4) is 0 Å². The van der Waals surface area contributed by atoms with Crippen LogP contribution >= 0.6 is 0 Å². The van der Waals surface area contributed by atoms with Crippen molar-refractivity contribution in [2.24, 2.45) is 17.6 Å². The van der Waals surface area contributed by atoms with Crippen molar-refractivity contribution in [1.29, 1.82) is 0 Å². The maximum Gasteiger partial charge on any atom is 0.405 e. The number of anilines is 2. The molecule has 0 aromatic heterocycles. The van der Waals surface area contributed by atoms with Gasteiger partial charge in [0.1, 0.15) is 17.6 Å². The number of nitrogens with two attached hydrogens (primary N) is 1. The van der Waals surface area contributed by atoms with Gasteiger partial charge in [0.2, 0.25) is 0 Å². The van der Waals surface area contributed by atoms with Crippen LogP contribution in [0.4, 0.5) is 16.2 Å². The van der Waals surface area contributed by atoms with Gasteiger partial charge in [-0.15, -0.1) is 0 Å². The van der Waals surface area contributed by atoms with E-state index in [4.69, 9.17) is 19.9 Å². The maximum absolute atomic E-state index is 13.1. The molecule has 12 heteroatoms. The first-order valence-corrected chi connectivity index (χ1v) is 14.9. The number of benzene rings is 1. The van der Waals surface area contributed by atoms with Gasteiger partial charge in [-0.2, -0.15) is 0 Å². The van der Waals surface area contributed by atoms with E-state index in [2.05, 4.69) is 15.5 Å². The average Bonchev–Trinajstić information content (AvgIpc) is 3.80. The molecule has 2 heterocycles. The Morgan fingerprint density at radius 3 is 2.50 bits per heavy atom. The molecule has 44 heavy (non-hydrogen) atoms. The molecular weight excluding hydrogens is 568 g/mol. The summed E-state index contributed by atoms with van der Waals surface area (Å²) in [7, 11) is 2.98. The second kappa shape index (κ2) is 15.9. The Hall–Kier alpha value is -3.58. The predicted octanol–water partition coefficient (Wildman–Crippen LogP) is 3.29. The fourth-order valence-electron chi connectivity index (χ4n) is 5.44. The van der Waals surface area contributed by atoms with Gasteiger partial charge < -0.3 is 45.9 Å². The van der Waals surface area contributed by atoms with E-state index in [1.165, 1.54) is 20.3 Å². The van der Waals surface area contributed by atoms with E-state index < -0.39 is 42.3 Å². The lowest BCUT2D eigenvalue weighted by atomic mass is 9.87. The summed E-state index contributed by atoms with van der Waals surface area (Å²) in [6.07, 6.45) is 3.18. The molecule has 1 aromatic rings. The van der Waals surface area contributed by atoms with Crippen molar-refractivity contribution in [3.05, 3.63) is 47.1 Å². The number of ether oxygens (including phenoxy) is 3. The van der Waals surface area contributed by atoms with Crippen LogP contribution in [0.2, 0.25) is 0 Å². The Morgan fingerprint density at radius 1 is 1.18 bits per heavy atom. The second-order valence-corrected chi connectivity index (χ2v) is 11.7. The number of carbonyl (C=O) groups excluding carboxylic acids is 2. The largest absolute Gasteiger partial charge is 0.506 e. The number of carbonyl (C=O) groups is 2. The number of aromatic hydroxyl groups is 2. The molecule has 1 saturated heterocycles. The fourth-order valence-corrected chi connectivity index (χ4v) is 5.44. The molecule has 244 valence electrons. The van der Waals surface area contributed by atoms with Gasteiger partial charge in [0.25, 0.3) is 5.91 Å². The van der Waals surface area contributed by atoms with Crippen molar-refractivity contribution in [3.63, 3.8) is 0 Å². The van der Waals surface area contributed by atoms with Crippen LogP contribution in [0.15, 0.2) is 41.5 Å². The van der Waals surface area contributed by atoms with E-state index in [0.717, 1.165) is 19.6 Å². The highest BCUT2D eigenvalue weighted by Crippen LogP contribution is 2.42. The Balaban J connectivity index is 2.06. The molecule has 12 nitrogen and oxygen atoms in total. The third-order valence-corrected chi connectivity index (χ3v) is 8.10. The van der Waals surface area contributed by atoms with Crippen LogP contribution < -0.4 is 16.4 Å². The number of methoxy groups -OCH3 is 2. The number of primary amides is 1. The first-order chi connectivity index (χ1) is 20.9. The van der Waals surface area contributed by atoms with Crippen molar-refractivity contribution in [1.82, 2.24) is 4.90 Å². The van der Waals surface area contributed by atoms with E-state index in [1.807, 2.05) is 13.8 Å². The van der Waals surface area contributed by atoms with Crippen molar-refractivity contribution in [2.45, 2.75) is 65.0 Å². The van der Waals surface area contributed by atoms with Gasteiger partial charge in [0.05, 0.1) is 23.6 Å². The lowest BCUT2D eigenvalue weighted by Gasteiger charge is -2.29. The molecule has 1 aromatic carbocycles. The monoisotopic (exact) mass is 616 g/mol. The first-order valence-electron chi connectivity index (χ1n) is 14.9. The number of phenols is 2. The number of hydrogen-bond acceptors (Lipinski definition) is 10. The number of phenolic OH excluding ortho intramolecular Hbond substituents is 2. The minimum absolute atomic E-state index is 0.0716. The normalized spacial score (nSPS) is 30.3. The highest BCUT2D eigenvalue weighted by Gasteiger charge is 2.30. The summed E-state index contributed by atoms with van der Waals surface area (Å²) < 4.78 is 16.7. The van der Waals surface area contributed by atoms with E-state index in [-0.39, 0.29) is 23.1 Å². The smallest absolute Gasteiger partial charge is 0.405 e. The van der Waals surface area contributed by atoms with Crippen LogP contribution in [-0.4, -0.2) is 97.0 Å². The zero-order valence-electron chi connectivity index (χ0n) is 26.5. The average molecular weight is 617 g/mol. The molecule has 6 atom stereocenters. The lowest BCUT2D eigenvalue weighted by Crippen LogP contribution is -2.37. The minimum atomic E-state index is -0.983. The minimum Gasteiger partial charge on any atom is -0.506 e. The lowest BCUT2D eigenvalue weighted by molar-refractivity contribution is -0.112. The zero-order valence-corrected chi connectivity index (χ0v) is 26.5. The van der Waals surface area contributed by atoms with E-state index in [0.29, 0.717) is 41.8 Å². The van der Waals surface area contributed by atoms with Crippen LogP contribution in [0.5, 0.6) is 11.5 Å². The van der Waals surface area contributed by atoms with Crippen LogP contribution in [0.25, 0.3) is 0 Å². The summed E-state index contributed by atoms with van der Waals surface area (Å²) in [5, 5.41) is 39.7. The Kier molecular flexibility index (Phi) is 12.6. The summed E-state index contributed by atoms with van der Waals surface area (Å²) in [6.45, 7) is 10.6. The standard InChI is InChI=1S/C32H48N4O8/c1-18-14-22-27(34-10-11-36-12-13-36)24(37)17-23(29(22)39)35-31(40)19(2)8-7-9-25(42-5)30(44-32(33)41)21(4)16-20(3)28(38)26(15-18)43-6/h7-9,16-18,20,25-26,28,30,34,37-39H,10-15H2,1-6H3,(H2,33,41)(H,35,40)/b9-7-,19-8+,21-16+/t18-,20+,25+,26+,28-,30-/m1/s1. The number of allylic oxidation sites excluding steroid dienone is 2. The Labute approximate surface area is 259 Å². The molecule has 0 aliphatic carbocycles. The number of aliphatic hydroxyl groups is 1. The van der Waals surface area contributed by atoms with Crippen LogP contribution in [0.1, 0.15) is 39.7 Å². The molecule has 0 unspecified atom stereocenters. The predicted molar refractivity (Wildman–Crippen MR) is 169 cm³/mol. The molecule has 7 N–H and O–H groups in total. The Bertz CT molecular complexity index is 1260. The summed E-state index contributed by atoms with van der Waals surface area (Å²) in [5.41, 5.74) is 7.22. The summed E-state index contributed by atoms with van der Waals surface area (Å²) in [4.78, 5) is 27.1.